The van der Waals surface area contributed by atoms with Gasteiger partial charge in [0.2, 0.25) is 5.60 Å². The van der Waals surface area contributed by atoms with Gasteiger partial charge in [-0.05, 0) is 12.1 Å². The van der Waals surface area contributed by atoms with Crippen molar-refractivity contribution in [2.75, 3.05) is 11.4 Å². The first-order valence-corrected chi connectivity index (χ1v) is 8.03. The third-order valence-electron chi connectivity index (χ3n) is 3.97. The van der Waals surface area contributed by atoms with E-state index in [1.807, 2.05) is 0 Å². The summed E-state index contributed by atoms with van der Waals surface area (Å²) in [5, 5.41) is 19.1. The van der Waals surface area contributed by atoms with Crippen molar-refractivity contribution in [3.8, 4) is 0 Å². The number of rotatable bonds is 4. The number of carbonyl (C=O) groups is 2. The van der Waals surface area contributed by atoms with Gasteiger partial charge in [-0.25, -0.2) is 4.39 Å². The van der Waals surface area contributed by atoms with Crippen molar-refractivity contribution in [3.05, 3.63) is 46.0 Å². The second kappa shape index (κ2) is 6.62. The topological polar surface area (TPSA) is 98.3 Å². The van der Waals surface area contributed by atoms with Crippen LogP contribution < -0.4 is 10.2 Å². The molecule has 132 valence electrons. The Morgan fingerprint density at radius 1 is 1.48 bits per heavy atom. The zero-order valence-corrected chi connectivity index (χ0v) is 14.2. The van der Waals surface area contributed by atoms with Crippen LogP contribution in [0, 0.1) is 5.82 Å². The molecule has 0 spiro atoms. The van der Waals surface area contributed by atoms with E-state index in [0.717, 1.165) is 0 Å². The van der Waals surface area contributed by atoms with Crippen molar-refractivity contribution in [2.45, 2.75) is 18.6 Å². The maximum absolute atomic E-state index is 13.9. The number of H-pyrrole nitrogens is 1. The van der Waals surface area contributed by atoms with E-state index < -0.39 is 23.2 Å². The Bertz CT molecular complexity index is 830. The van der Waals surface area contributed by atoms with Gasteiger partial charge in [0, 0.05) is 36.3 Å². The summed E-state index contributed by atoms with van der Waals surface area (Å²) in [5.74, 6) is -2.41. The van der Waals surface area contributed by atoms with Crippen LogP contribution in [0.25, 0.3) is 0 Å². The molecule has 1 unspecified atom stereocenters. The van der Waals surface area contributed by atoms with Crippen molar-refractivity contribution >= 4 is 40.7 Å². The number of aliphatic hydroxyl groups is 1. The Labute approximate surface area is 151 Å². The average Bonchev–Trinajstić information content (AvgIpc) is 3.19. The number of aromatic nitrogens is 2. The Balaban J connectivity index is 1.72. The average molecular weight is 387 g/mol. The SMILES string of the molecule is O=C(NCc1cc(Cl)cc(Cl)c1F)C1(O)CCN(c2cn[nH]c2)C1=O. The van der Waals surface area contributed by atoms with Gasteiger partial charge in [-0.15, -0.1) is 0 Å². The molecule has 1 atom stereocenters. The first-order chi connectivity index (χ1) is 11.8. The number of hydrogen-bond donors (Lipinski definition) is 3. The lowest BCUT2D eigenvalue weighted by Crippen LogP contribution is -2.52. The fourth-order valence-corrected chi connectivity index (χ4v) is 3.15. The zero-order valence-electron chi connectivity index (χ0n) is 12.7. The normalized spacial score (nSPS) is 20.2. The van der Waals surface area contributed by atoms with Crippen LogP contribution in [0.4, 0.5) is 10.1 Å². The van der Waals surface area contributed by atoms with Gasteiger partial charge in [-0.2, -0.15) is 5.10 Å². The van der Waals surface area contributed by atoms with E-state index in [4.69, 9.17) is 23.2 Å². The van der Waals surface area contributed by atoms with Crippen LogP contribution in [-0.4, -0.2) is 39.3 Å². The van der Waals surface area contributed by atoms with Crippen LogP contribution in [0.1, 0.15) is 12.0 Å². The van der Waals surface area contributed by atoms with Gasteiger partial charge in [-0.1, -0.05) is 23.2 Å². The number of hydrogen-bond acceptors (Lipinski definition) is 4. The number of nitrogens with zero attached hydrogens (tertiary/aromatic N) is 2. The second-order valence-electron chi connectivity index (χ2n) is 5.57. The van der Waals surface area contributed by atoms with Gasteiger partial charge in [-0.3, -0.25) is 14.7 Å². The van der Waals surface area contributed by atoms with Crippen molar-refractivity contribution in [1.82, 2.24) is 15.5 Å². The number of carbonyl (C=O) groups excluding carboxylic acids is 2. The summed E-state index contributed by atoms with van der Waals surface area (Å²) in [6, 6.07) is 2.54. The predicted molar refractivity (Wildman–Crippen MR) is 88.8 cm³/mol. The minimum absolute atomic E-state index is 0.0478. The molecule has 1 saturated heterocycles. The summed E-state index contributed by atoms with van der Waals surface area (Å²) in [7, 11) is 0. The van der Waals surface area contributed by atoms with Crippen LogP contribution >= 0.6 is 23.2 Å². The molecule has 1 aromatic carbocycles. The van der Waals surface area contributed by atoms with Crippen LogP contribution in [0.15, 0.2) is 24.5 Å². The molecule has 10 heteroatoms. The Kier molecular flexibility index (Phi) is 4.68. The third kappa shape index (κ3) is 3.20. The minimum Gasteiger partial charge on any atom is -0.372 e. The molecule has 1 aliphatic rings. The largest absolute Gasteiger partial charge is 0.372 e. The van der Waals surface area contributed by atoms with Gasteiger partial charge in [0.15, 0.2) is 0 Å². The molecule has 1 fully saturated rings. The summed E-state index contributed by atoms with van der Waals surface area (Å²) >= 11 is 11.5. The molecular formula is C15H13Cl2FN4O3. The van der Waals surface area contributed by atoms with Gasteiger partial charge >= 0.3 is 0 Å². The summed E-state index contributed by atoms with van der Waals surface area (Å²) < 4.78 is 13.9. The van der Waals surface area contributed by atoms with Crippen LogP contribution in [0.2, 0.25) is 10.0 Å². The molecule has 0 aliphatic carbocycles. The molecule has 3 rings (SSSR count). The van der Waals surface area contributed by atoms with Crippen molar-refractivity contribution in [2.24, 2.45) is 0 Å². The molecule has 2 aromatic rings. The molecule has 3 N–H and O–H groups in total. The Morgan fingerprint density at radius 2 is 2.24 bits per heavy atom. The summed E-state index contributed by atoms with van der Waals surface area (Å²) in [4.78, 5) is 26.0. The maximum Gasteiger partial charge on any atom is 0.268 e. The number of benzene rings is 1. The highest BCUT2D eigenvalue weighted by Crippen LogP contribution is 2.28. The molecule has 2 heterocycles. The quantitative estimate of drug-likeness (QED) is 0.549. The van der Waals surface area contributed by atoms with Crippen LogP contribution in [0.5, 0.6) is 0 Å². The Hall–Kier alpha value is -2.16. The molecule has 25 heavy (non-hydrogen) atoms. The number of aromatic amines is 1. The van der Waals surface area contributed by atoms with E-state index in [-0.39, 0.29) is 35.1 Å². The lowest BCUT2D eigenvalue weighted by atomic mass is 10.0. The molecule has 0 saturated carbocycles. The molecule has 1 aromatic heterocycles. The highest BCUT2D eigenvalue weighted by molar-refractivity contribution is 6.34. The van der Waals surface area contributed by atoms with Gasteiger partial charge in [0.25, 0.3) is 11.8 Å². The number of halogens is 3. The van der Waals surface area contributed by atoms with E-state index >= 15 is 0 Å². The third-order valence-corrected chi connectivity index (χ3v) is 4.47. The fourth-order valence-electron chi connectivity index (χ4n) is 2.61. The van der Waals surface area contributed by atoms with Crippen LogP contribution in [0.3, 0.4) is 0 Å². The summed E-state index contributed by atoms with van der Waals surface area (Å²) in [6.45, 7) is -0.119. The molecule has 0 bridgehead atoms. The second-order valence-corrected chi connectivity index (χ2v) is 6.41. The lowest BCUT2D eigenvalue weighted by molar-refractivity contribution is -0.149. The highest BCUT2D eigenvalue weighted by atomic mass is 35.5. The van der Waals surface area contributed by atoms with Gasteiger partial charge < -0.3 is 15.3 Å². The maximum atomic E-state index is 13.9. The molecule has 7 nitrogen and oxygen atoms in total. The number of amides is 2. The highest BCUT2D eigenvalue weighted by Gasteiger charge is 2.51. The summed E-state index contributed by atoms with van der Waals surface area (Å²) in [5.41, 5.74) is -1.73. The van der Waals surface area contributed by atoms with Crippen molar-refractivity contribution in [1.29, 1.82) is 0 Å². The first-order valence-electron chi connectivity index (χ1n) is 7.28. The van der Waals surface area contributed by atoms with Gasteiger partial charge in [0.1, 0.15) is 5.82 Å². The summed E-state index contributed by atoms with van der Waals surface area (Å²) in [6.07, 6.45) is 2.79. The smallest absolute Gasteiger partial charge is 0.268 e. The molecule has 2 amide bonds. The Morgan fingerprint density at radius 3 is 2.92 bits per heavy atom. The standard InChI is InChI=1S/C15H13Cl2FN4O3/c16-9-3-8(12(18)11(17)4-9)5-19-13(23)15(25)1-2-22(14(15)24)10-6-20-21-7-10/h3-4,6-7,25H,1-2,5H2,(H,19,23)(H,20,21). The predicted octanol–water partition coefficient (Wildman–Crippen LogP) is 1.64. The van der Waals surface area contributed by atoms with E-state index in [2.05, 4.69) is 15.5 Å². The van der Waals surface area contributed by atoms with E-state index in [1.165, 1.54) is 29.4 Å². The monoisotopic (exact) mass is 386 g/mol. The van der Waals surface area contributed by atoms with E-state index in [1.54, 1.807) is 0 Å². The van der Waals surface area contributed by atoms with E-state index in [0.29, 0.717) is 5.69 Å². The molecular weight excluding hydrogens is 374 g/mol. The fraction of sp³-hybridized carbons (Fsp3) is 0.267. The zero-order chi connectivity index (χ0) is 18.2. The number of nitrogens with one attached hydrogen (secondary N) is 2. The number of anilines is 1. The first kappa shape index (κ1) is 17.7. The van der Waals surface area contributed by atoms with Crippen molar-refractivity contribution in [3.63, 3.8) is 0 Å². The minimum atomic E-state index is -2.23. The molecule has 0 radical (unpaired) electrons. The van der Waals surface area contributed by atoms with Crippen molar-refractivity contribution < 1.29 is 19.1 Å². The van der Waals surface area contributed by atoms with Gasteiger partial charge in [0.05, 0.1) is 16.9 Å². The van der Waals surface area contributed by atoms with Crippen LogP contribution in [-0.2, 0) is 16.1 Å². The lowest BCUT2D eigenvalue weighted by Gasteiger charge is -2.21. The van der Waals surface area contributed by atoms with E-state index in [9.17, 15) is 19.1 Å². The molecule has 1 aliphatic heterocycles.